The van der Waals surface area contributed by atoms with Gasteiger partial charge in [-0.2, -0.15) is 15.8 Å². The van der Waals surface area contributed by atoms with Gasteiger partial charge in [-0.1, -0.05) is 42.5 Å². The smallest absolute Gasteiger partial charge is 0.267 e. The molecule has 0 radical (unpaired) electrons. The minimum absolute atomic E-state index is 0.00176. The summed E-state index contributed by atoms with van der Waals surface area (Å²) >= 11 is 0. The largest absolute Gasteiger partial charge is 0.268 e. The molecular weight excluding hydrogens is 606 g/mol. The van der Waals surface area contributed by atoms with Crippen LogP contribution in [-0.4, -0.2) is 23.6 Å². The maximum Gasteiger partial charge on any atom is 0.267 e. The van der Waals surface area contributed by atoms with Gasteiger partial charge in [0.25, 0.3) is 23.6 Å². The van der Waals surface area contributed by atoms with Crippen molar-refractivity contribution in [3.8, 4) is 29.3 Å². The average Bonchev–Trinajstić information content (AvgIpc) is 3.12. The summed E-state index contributed by atoms with van der Waals surface area (Å²) in [6.45, 7) is 14.8. The number of hydrogen-bond donors (Lipinski definition) is 0. The number of hydrogen-bond acceptors (Lipinski definition) is 7. The van der Waals surface area contributed by atoms with E-state index >= 15 is 0 Å². The van der Waals surface area contributed by atoms with Crippen molar-refractivity contribution in [2.45, 2.75) is 0 Å². The van der Waals surface area contributed by atoms with Gasteiger partial charge in [0.15, 0.2) is 11.4 Å². The highest BCUT2D eigenvalue weighted by atomic mass is 16.2. The predicted molar refractivity (Wildman–Crippen MR) is 171 cm³/mol. The standard InChI is InChI=1S/C37H13N7O4/c1-41-28-11-10-24(14-29(28)42-2)44-34(45)26-13-22(18-40)30-31-27(15-25(19-6-4-3-5-7-19)33(32(26)31)37(44)48)35(46)43(36(30)47)23-9-8-20(16-38)21(12-23)17-39/h3-15H. The van der Waals surface area contributed by atoms with Crippen LogP contribution in [0.3, 0.4) is 0 Å². The summed E-state index contributed by atoms with van der Waals surface area (Å²) in [6.07, 6.45) is 0. The highest BCUT2D eigenvalue weighted by Gasteiger charge is 2.44. The third kappa shape index (κ3) is 3.89. The van der Waals surface area contributed by atoms with Crippen LogP contribution in [0.2, 0.25) is 0 Å². The Kier molecular flexibility index (Phi) is 6.38. The second-order valence-electron chi connectivity index (χ2n) is 10.7. The van der Waals surface area contributed by atoms with Gasteiger partial charge in [-0.3, -0.25) is 28.9 Å². The molecule has 11 nitrogen and oxygen atoms in total. The van der Waals surface area contributed by atoms with Crippen LogP contribution in [0.15, 0.2) is 78.9 Å². The van der Waals surface area contributed by atoms with E-state index in [1.807, 2.05) is 18.2 Å². The first-order chi connectivity index (χ1) is 23.3. The van der Waals surface area contributed by atoms with Gasteiger partial charge in [0.1, 0.15) is 18.2 Å². The fourth-order valence-corrected chi connectivity index (χ4v) is 6.16. The Hall–Kier alpha value is -7.91. The molecule has 0 fully saturated rings. The number of nitriles is 3. The fourth-order valence-electron chi connectivity index (χ4n) is 6.16. The fraction of sp³-hybridized carbons (Fsp3) is 0. The summed E-state index contributed by atoms with van der Waals surface area (Å²) in [4.78, 5) is 65.5. The van der Waals surface area contributed by atoms with E-state index in [0.29, 0.717) is 5.56 Å². The lowest BCUT2D eigenvalue weighted by atomic mass is 9.80. The molecule has 5 aromatic rings. The number of nitrogens with zero attached hydrogens (tertiary/aromatic N) is 7. The Labute approximate surface area is 271 Å². The van der Waals surface area contributed by atoms with E-state index in [1.165, 1.54) is 48.5 Å². The van der Waals surface area contributed by atoms with Crippen molar-refractivity contribution in [1.82, 2.24) is 0 Å². The Morgan fingerprint density at radius 1 is 0.521 bits per heavy atom. The molecule has 7 rings (SSSR count). The Morgan fingerprint density at radius 2 is 1.08 bits per heavy atom. The van der Waals surface area contributed by atoms with Gasteiger partial charge in [-0.15, -0.1) is 0 Å². The molecular formula is C37H13N7O4. The van der Waals surface area contributed by atoms with Crippen molar-refractivity contribution in [2.75, 3.05) is 9.80 Å². The maximum atomic E-state index is 14.5. The molecule has 0 aliphatic carbocycles. The monoisotopic (exact) mass is 619 g/mol. The molecule has 0 unspecified atom stereocenters. The summed E-state index contributed by atoms with van der Waals surface area (Å²) in [5.41, 5.74) is 0.0950. The molecule has 2 heterocycles. The molecule has 48 heavy (non-hydrogen) atoms. The van der Waals surface area contributed by atoms with Gasteiger partial charge < -0.3 is 0 Å². The first-order valence-electron chi connectivity index (χ1n) is 14.0. The Morgan fingerprint density at radius 3 is 1.71 bits per heavy atom. The van der Waals surface area contributed by atoms with Crippen LogP contribution in [0.1, 0.15) is 58.1 Å². The van der Waals surface area contributed by atoms with E-state index in [9.17, 15) is 35.0 Å². The number of carbonyl (C=O) groups excluding carboxylic acids is 4. The molecule has 0 atom stereocenters. The Bertz CT molecular complexity index is 2610. The van der Waals surface area contributed by atoms with Crippen LogP contribution in [0, 0.1) is 47.1 Å². The molecule has 11 heteroatoms. The van der Waals surface area contributed by atoms with Crippen molar-refractivity contribution in [2.24, 2.45) is 0 Å². The van der Waals surface area contributed by atoms with E-state index in [0.717, 1.165) is 9.80 Å². The highest BCUT2D eigenvalue weighted by molar-refractivity contribution is 6.44. The minimum atomic E-state index is -0.915. The first-order valence-corrected chi connectivity index (χ1v) is 14.0. The zero-order valence-corrected chi connectivity index (χ0v) is 24.3. The third-order valence-electron chi connectivity index (χ3n) is 8.27. The lowest BCUT2D eigenvalue weighted by Crippen LogP contribution is -2.44. The maximum absolute atomic E-state index is 14.5. The van der Waals surface area contributed by atoms with Crippen molar-refractivity contribution in [3.05, 3.63) is 141 Å². The first kappa shape index (κ1) is 28.8. The lowest BCUT2D eigenvalue weighted by molar-refractivity contribution is 0.0873. The van der Waals surface area contributed by atoms with Crippen LogP contribution in [0.5, 0.6) is 0 Å². The predicted octanol–water partition coefficient (Wildman–Crippen LogP) is 6.82. The molecule has 4 amide bonds. The minimum Gasteiger partial charge on any atom is -0.268 e. The molecule has 0 aromatic heterocycles. The number of benzene rings is 5. The van der Waals surface area contributed by atoms with Gasteiger partial charge in [0, 0.05) is 22.0 Å². The molecule has 0 saturated carbocycles. The SMILES string of the molecule is [C-]#[N+]c1ccc(N2C(=O)c3cc(C#N)c4c5c(cc(-c6ccccc6)c(c35)C2=O)C(=O)N(c2ccc(C#N)c(C#N)c2)C4=O)cc1[N+]#[C-]. The second-order valence-corrected chi connectivity index (χ2v) is 10.7. The van der Waals surface area contributed by atoms with Gasteiger partial charge in [0.2, 0.25) is 0 Å². The molecule has 0 saturated heterocycles. The van der Waals surface area contributed by atoms with Crippen LogP contribution >= 0.6 is 0 Å². The van der Waals surface area contributed by atoms with E-state index in [4.69, 9.17) is 13.1 Å². The molecule has 0 spiro atoms. The van der Waals surface area contributed by atoms with Crippen LogP contribution in [0.25, 0.3) is 31.6 Å². The van der Waals surface area contributed by atoms with Crippen molar-refractivity contribution in [1.29, 1.82) is 15.8 Å². The summed E-state index contributed by atoms with van der Waals surface area (Å²) in [7, 11) is 0. The number of carbonyl (C=O) groups is 4. The van der Waals surface area contributed by atoms with Crippen LogP contribution in [0.4, 0.5) is 22.7 Å². The average molecular weight is 620 g/mol. The highest BCUT2D eigenvalue weighted by Crippen LogP contribution is 2.46. The zero-order valence-electron chi connectivity index (χ0n) is 24.3. The van der Waals surface area contributed by atoms with E-state index in [1.54, 1.807) is 30.3 Å². The van der Waals surface area contributed by atoms with Crippen LogP contribution < -0.4 is 9.80 Å². The number of rotatable bonds is 3. The van der Waals surface area contributed by atoms with E-state index in [-0.39, 0.29) is 78.0 Å². The quantitative estimate of drug-likeness (QED) is 0.158. The lowest BCUT2D eigenvalue weighted by Gasteiger charge is -2.34. The molecule has 2 aliphatic heterocycles. The van der Waals surface area contributed by atoms with Gasteiger partial charge in [0.05, 0.1) is 52.2 Å². The normalized spacial score (nSPS) is 13.0. The van der Waals surface area contributed by atoms with Crippen molar-refractivity contribution < 1.29 is 19.2 Å². The number of anilines is 2. The summed E-state index contributed by atoms with van der Waals surface area (Å²) in [5, 5.41) is 29.2. The second kappa shape index (κ2) is 10.6. The molecule has 2 aliphatic rings. The van der Waals surface area contributed by atoms with E-state index in [2.05, 4.69) is 9.69 Å². The summed E-state index contributed by atoms with van der Waals surface area (Å²) in [6, 6.07) is 24.8. The zero-order chi connectivity index (χ0) is 33.9. The van der Waals surface area contributed by atoms with E-state index < -0.39 is 23.6 Å². The van der Waals surface area contributed by atoms with Gasteiger partial charge in [-0.05, 0) is 47.5 Å². The van der Waals surface area contributed by atoms with Gasteiger partial charge in [-0.25, -0.2) is 9.80 Å². The van der Waals surface area contributed by atoms with Crippen molar-refractivity contribution in [3.63, 3.8) is 0 Å². The topological polar surface area (TPSA) is 155 Å². The number of amides is 4. The molecule has 220 valence electrons. The molecule has 0 bridgehead atoms. The van der Waals surface area contributed by atoms with Crippen molar-refractivity contribution >= 4 is 57.2 Å². The molecule has 5 aromatic carbocycles. The number of imide groups is 2. The Balaban J connectivity index is 1.56. The summed E-state index contributed by atoms with van der Waals surface area (Å²) in [5.74, 6) is -3.40. The van der Waals surface area contributed by atoms with Crippen LogP contribution in [-0.2, 0) is 0 Å². The third-order valence-corrected chi connectivity index (χ3v) is 8.27. The van der Waals surface area contributed by atoms with Gasteiger partial charge >= 0.3 is 0 Å². The molecule has 0 N–H and O–H groups in total. The summed E-state index contributed by atoms with van der Waals surface area (Å²) < 4.78 is 0.